The molecule has 0 saturated carbocycles. The van der Waals surface area contributed by atoms with Gasteiger partial charge in [0.2, 0.25) is 0 Å². The van der Waals surface area contributed by atoms with E-state index >= 15 is 0 Å². The number of halogens is 3. The fourth-order valence-electron chi connectivity index (χ4n) is 5.87. The van der Waals surface area contributed by atoms with Gasteiger partial charge in [-0.25, -0.2) is 4.79 Å². The number of alkyl halides is 1. The highest BCUT2D eigenvalue weighted by Crippen LogP contribution is 2.42. The first-order chi connectivity index (χ1) is 17.9. The lowest BCUT2D eigenvalue weighted by atomic mass is 9.85. The van der Waals surface area contributed by atoms with Crippen LogP contribution >= 0.6 is 24.0 Å². The molecule has 3 aromatic carbocycles. The van der Waals surface area contributed by atoms with Gasteiger partial charge in [0.15, 0.2) is 0 Å². The van der Waals surface area contributed by atoms with Crippen LogP contribution < -0.4 is 0 Å². The van der Waals surface area contributed by atoms with Crippen molar-refractivity contribution >= 4 is 41.1 Å². The molecule has 0 spiro atoms. The number of hydrogen-bond donors (Lipinski definition) is 1. The molecule has 5 rings (SSSR count). The Kier molecular flexibility index (Phi) is 9.30. The molecule has 1 aliphatic carbocycles. The van der Waals surface area contributed by atoms with Crippen molar-refractivity contribution < 1.29 is 14.3 Å². The van der Waals surface area contributed by atoms with E-state index in [4.69, 9.17) is 11.6 Å². The summed E-state index contributed by atoms with van der Waals surface area (Å²) >= 11 is 6.54. The summed E-state index contributed by atoms with van der Waals surface area (Å²) in [5.41, 5.74) is 9.63. The van der Waals surface area contributed by atoms with E-state index in [1.807, 2.05) is 24.3 Å². The van der Waals surface area contributed by atoms with E-state index in [1.54, 1.807) is 6.07 Å². The molecule has 1 aliphatic heterocycles. The third kappa shape index (κ3) is 5.98. The molecule has 38 heavy (non-hydrogen) atoms. The van der Waals surface area contributed by atoms with Gasteiger partial charge in [-0.3, -0.25) is 4.39 Å². The summed E-state index contributed by atoms with van der Waals surface area (Å²) < 4.78 is 12.4. The lowest BCUT2D eigenvalue weighted by Crippen LogP contribution is -2.47. The van der Waals surface area contributed by atoms with E-state index < -0.39 is 5.97 Å². The molecule has 0 amide bonds. The zero-order valence-corrected chi connectivity index (χ0v) is 23.3. The number of rotatable bonds is 8. The van der Waals surface area contributed by atoms with Gasteiger partial charge in [0.05, 0.1) is 12.2 Å². The second kappa shape index (κ2) is 12.5. The van der Waals surface area contributed by atoms with Crippen LogP contribution in [-0.2, 0) is 12.8 Å². The Morgan fingerprint density at radius 1 is 1.05 bits per heavy atom. The molecular weight excluding hydrogens is 520 g/mol. The highest BCUT2D eigenvalue weighted by atomic mass is 35.5. The Balaban J connectivity index is 0.00000336. The average Bonchev–Trinajstić information content (AvgIpc) is 3.06. The Hall–Kier alpha value is -2.66. The smallest absolute Gasteiger partial charge is 0.335 e. The quantitative estimate of drug-likeness (QED) is 0.308. The maximum absolute atomic E-state index is 12.4. The predicted molar refractivity (Wildman–Crippen MR) is 156 cm³/mol. The SMILES string of the molecule is Cc1c(Cl)cccc1C1=C(c2ccc(CC3CN(CCCF)C3)cc2)c2ccc(C(=O)O)cc2CCC1.Cl. The van der Waals surface area contributed by atoms with E-state index in [1.165, 1.54) is 16.7 Å². The molecule has 200 valence electrons. The van der Waals surface area contributed by atoms with Crippen molar-refractivity contribution in [2.75, 3.05) is 26.3 Å². The summed E-state index contributed by atoms with van der Waals surface area (Å²) in [5, 5.41) is 10.3. The minimum Gasteiger partial charge on any atom is -0.478 e. The number of likely N-dealkylation sites (tertiary alicyclic amines) is 1. The first-order valence-corrected chi connectivity index (χ1v) is 13.5. The van der Waals surface area contributed by atoms with Crippen molar-refractivity contribution in [3.05, 3.63) is 105 Å². The minimum atomic E-state index is -0.896. The van der Waals surface area contributed by atoms with E-state index in [9.17, 15) is 14.3 Å². The van der Waals surface area contributed by atoms with Crippen LogP contribution in [0.2, 0.25) is 5.02 Å². The molecule has 0 radical (unpaired) electrons. The van der Waals surface area contributed by atoms with Gasteiger partial charge in [-0.1, -0.05) is 54.1 Å². The maximum Gasteiger partial charge on any atom is 0.335 e. The lowest BCUT2D eigenvalue weighted by Gasteiger charge is -2.39. The summed E-state index contributed by atoms with van der Waals surface area (Å²) in [6.45, 7) is 4.78. The third-order valence-corrected chi connectivity index (χ3v) is 8.21. The Morgan fingerprint density at radius 2 is 1.82 bits per heavy atom. The Bertz CT molecular complexity index is 1330. The number of fused-ring (bicyclic) bond motifs is 1. The van der Waals surface area contributed by atoms with E-state index in [2.05, 4.69) is 42.2 Å². The molecule has 1 N–H and O–H groups in total. The van der Waals surface area contributed by atoms with Crippen LogP contribution in [-0.4, -0.2) is 42.3 Å². The molecular formula is C32H34Cl2FNO2. The van der Waals surface area contributed by atoms with Crippen molar-refractivity contribution in [2.45, 2.75) is 39.0 Å². The molecule has 0 bridgehead atoms. The summed E-state index contributed by atoms with van der Waals surface area (Å²) in [6.07, 6.45) is 4.33. The largest absolute Gasteiger partial charge is 0.478 e. The highest BCUT2D eigenvalue weighted by molar-refractivity contribution is 6.31. The number of carboxylic acids is 1. The molecule has 0 atom stereocenters. The summed E-state index contributed by atoms with van der Waals surface area (Å²) in [4.78, 5) is 14.0. The minimum absolute atomic E-state index is 0. The van der Waals surface area contributed by atoms with E-state index in [0.717, 1.165) is 78.2 Å². The number of aryl methyl sites for hydroxylation is 1. The number of allylic oxidation sites excluding steroid dienone is 1. The number of hydrogen-bond acceptors (Lipinski definition) is 2. The summed E-state index contributed by atoms with van der Waals surface area (Å²) in [6, 6.07) is 20.5. The zero-order valence-electron chi connectivity index (χ0n) is 21.7. The van der Waals surface area contributed by atoms with Crippen LogP contribution in [0.15, 0.2) is 60.7 Å². The normalized spacial score (nSPS) is 15.9. The molecule has 1 fully saturated rings. The maximum atomic E-state index is 12.4. The Labute approximate surface area is 235 Å². The number of nitrogens with zero attached hydrogens (tertiary/aromatic N) is 1. The van der Waals surface area contributed by atoms with Gasteiger partial charge in [-0.05, 0) is 108 Å². The molecule has 3 aromatic rings. The van der Waals surface area contributed by atoms with Gasteiger partial charge < -0.3 is 10.0 Å². The molecule has 0 aromatic heterocycles. The van der Waals surface area contributed by atoms with Crippen molar-refractivity contribution in [1.29, 1.82) is 0 Å². The van der Waals surface area contributed by atoms with Crippen molar-refractivity contribution in [3.8, 4) is 0 Å². The Morgan fingerprint density at radius 3 is 2.53 bits per heavy atom. The van der Waals surface area contributed by atoms with Gasteiger partial charge in [-0.2, -0.15) is 0 Å². The lowest BCUT2D eigenvalue weighted by molar-refractivity contribution is 0.0696. The molecule has 6 heteroatoms. The van der Waals surface area contributed by atoms with Crippen LogP contribution in [0, 0.1) is 12.8 Å². The van der Waals surface area contributed by atoms with Gasteiger partial charge in [0.25, 0.3) is 0 Å². The second-order valence-electron chi connectivity index (χ2n) is 10.4. The van der Waals surface area contributed by atoms with Crippen LogP contribution in [0.4, 0.5) is 4.39 Å². The van der Waals surface area contributed by atoms with E-state index in [-0.39, 0.29) is 19.1 Å². The summed E-state index contributed by atoms with van der Waals surface area (Å²) in [7, 11) is 0. The third-order valence-electron chi connectivity index (χ3n) is 7.80. The molecule has 3 nitrogen and oxygen atoms in total. The summed E-state index contributed by atoms with van der Waals surface area (Å²) in [5.74, 6) is -0.269. The van der Waals surface area contributed by atoms with Crippen LogP contribution in [0.1, 0.15) is 63.0 Å². The van der Waals surface area contributed by atoms with Gasteiger partial charge in [-0.15, -0.1) is 12.4 Å². The number of carboxylic acid groups (broad SMARTS) is 1. The fraction of sp³-hybridized carbons (Fsp3) is 0.344. The first kappa shape index (κ1) is 28.4. The second-order valence-corrected chi connectivity index (χ2v) is 10.8. The zero-order chi connectivity index (χ0) is 25.9. The topological polar surface area (TPSA) is 40.5 Å². The average molecular weight is 555 g/mol. The number of aromatic carboxylic acids is 1. The van der Waals surface area contributed by atoms with Gasteiger partial charge in [0.1, 0.15) is 0 Å². The molecule has 2 aliphatic rings. The van der Waals surface area contributed by atoms with Crippen LogP contribution in [0.5, 0.6) is 0 Å². The number of benzene rings is 3. The standard InChI is InChI=1S/C32H33ClFNO2.ClH/c1-21-27(6-3-8-30(21)33)29-7-2-5-25-18-26(32(36)37)13-14-28(25)31(29)24-11-9-22(10-12-24)17-23-19-35(20-23)16-4-15-34;/h3,6,8-14,18,23H,2,4-5,7,15-17,19-20H2,1H3,(H,36,37);1H. The monoisotopic (exact) mass is 553 g/mol. The van der Waals surface area contributed by atoms with Gasteiger partial charge in [0, 0.05) is 24.7 Å². The fourth-order valence-corrected chi connectivity index (χ4v) is 6.04. The number of carbonyl (C=O) groups is 1. The molecule has 1 heterocycles. The van der Waals surface area contributed by atoms with Crippen LogP contribution in [0.25, 0.3) is 11.1 Å². The van der Waals surface area contributed by atoms with Crippen LogP contribution in [0.3, 0.4) is 0 Å². The highest BCUT2D eigenvalue weighted by Gasteiger charge is 2.26. The molecule has 0 unspecified atom stereocenters. The predicted octanol–water partition coefficient (Wildman–Crippen LogP) is 7.90. The molecule has 1 saturated heterocycles. The van der Waals surface area contributed by atoms with E-state index in [0.29, 0.717) is 17.9 Å². The first-order valence-electron chi connectivity index (χ1n) is 13.2. The van der Waals surface area contributed by atoms with Crippen molar-refractivity contribution in [2.24, 2.45) is 5.92 Å². The van der Waals surface area contributed by atoms with Gasteiger partial charge >= 0.3 is 5.97 Å². The van der Waals surface area contributed by atoms with Crippen molar-refractivity contribution in [3.63, 3.8) is 0 Å². The van der Waals surface area contributed by atoms with Crippen molar-refractivity contribution in [1.82, 2.24) is 4.90 Å².